The molecule has 25 heavy (non-hydrogen) atoms. The summed E-state index contributed by atoms with van der Waals surface area (Å²) in [6.07, 6.45) is -0.599. The molecule has 0 saturated carbocycles. The van der Waals surface area contributed by atoms with Crippen LogP contribution in [-0.2, 0) is 4.79 Å². The van der Waals surface area contributed by atoms with Gasteiger partial charge in [0, 0.05) is 26.2 Å². The molecule has 0 saturated heterocycles. The van der Waals surface area contributed by atoms with Crippen molar-refractivity contribution in [3.63, 3.8) is 0 Å². The van der Waals surface area contributed by atoms with E-state index >= 15 is 0 Å². The summed E-state index contributed by atoms with van der Waals surface area (Å²) >= 11 is 0. The molecule has 0 aliphatic heterocycles. The van der Waals surface area contributed by atoms with Gasteiger partial charge in [-0.15, -0.1) is 0 Å². The lowest BCUT2D eigenvalue weighted by Crippen LogP contribution is -2.44. The second-order valence-electron chi connectivity index (χ2n) is 6.15. The number of nitrogens with zero attached hydrogens (tertiary/aromatic N) is 1. The Kier molecular flexibility index (Phi) is 8.81. The number of hydrogen-bond donors (Lipinski definition) is 2. The number of urea groups is 1. The van der Waals surface area contributed by atoms with Crippen LogP contribution in [0.4, 0.5) is 4.79 Å². The highest BCUT2D eigenvalue weighted by Gasteiger charge is 2.17. The van der Waals surface area contributed by atoms with Crippen LogP contribution in [0.3, 0.4) is 0 Å². The lowest BCUT2D eigenvalue weighted by Gasteiger charge is -2.20. The summed E-state index contributed by atoms with van der Waals surface area (Å²) in [6, 6.07) is 7.63. The molecule has 3 amide bonds. The number of amides is 3. The Labute approximate surface area is 150 Å². The fourth-order valence-electron chi connectivity index (χ4n) is 2.43. The van der Waals surface area contributed by atoms with Crippen molar-refractivity contribution in [3.8, 4) is 5.75 Å². The quantitative estimate of drug-likeness (QED) is 0.674. The van der Waals surface area contributed by atoms with Crippen LogP contribution in [0.15, 0.2) is 24.3 Å². The van der Waals surface area contributed by atoms with E-state index in [9.17, 15) is 9.59 Å². The summed E-state index contributed by atoms with van der Waals surface area (Å²) in [6.45, 7) is 11.8. The van der Waals surface area contributed by atoms with E-state index in [4.69, 9.17) is 4.74 Å². The van der Waals surface area contributed by atoms with Gasteiger partial charge in [-0.25, -0.2) is 4.79 Å². The third kappa shape index (κ3) is 6.64. The molecule has 1 atom stereocenters. The highest BCUT2D eigenvalue weighted by Crippen LogP contribution is 2.26. The molecule has 0 aromatic heterocycles. The van der Waals surface area contributed by atoms with Gasteiger partial charge in [0.1, 0.15) is 5.75 Å². The monoisotopic (exact) mass is 349 g/mol. The first-order chi connectivity index (χ1) is 11.9. The van der Waals surface area contributed by atoms with Crippen molar-refractivity contribution in [1.29, 1.82) is 0 Å². The van der Waals surface area contributed by atoms with E-state index in [1.165, 1.54) is 0 Å². The van der Waals surface area contributed by atoms with Gasteiger partial charge in [0.15, 0.2) is 6.10 Å². The van der Waals surface area contributed by atoms with Gasteiger partial charge >= 0.3 is 6.03 Å². The number of benzene rings is 1. The molecule has 0 aliphatic carbocycles. The van der Waals surface area contributed by atoms with Gasteiger partial charge in [0.25, 0.3) is 5.91 Å². The normalized spacial score (nSPS) is 11.8. The maximum Gasteiger partial charge on any atom is 0.317 e. The number of para-hydroxylation sites is 1. The zero-order valence-corrected chi connectivity index (χ0v) is 16.0. The van der Waals surface area contributed by atoms with Crippen LogP contribution in [0.2, 0.25) is 0 Å². The second kappa shape index (κ2) is 10.6. The molecule has 0 heterocycles. The first kappa shape index (κ1) is 20.8. The summed E-state index contributed by atoms with van der Waals surface area (Å²) in [5.74, 6) is 0.854. The second-order valence-corrected chi connectivity index (χ2v) is 6.15. The standard InChI is InChI=1S/C19H31N3O3/c1-6-22(7-2)19(24)21-13-12-20-18(23)15(5)25-17-11-9-8-10-16(17)14(3)4/h8-11,14-15H,6-7,12-13H2,1-5H3,(H,20,23)(H,21,24). The Balaban J connectivity index is 2.42. The molecule has 1 aromatic rings. The van der Waals surface area contributed by atoms with Crippen LogP contribution in [0, 0.1) is 0 Å². The number of nitrogens with one attached hydrogen (secondary N) is 2. The van der Waals surface area contributed by atoms with Crippen molar-refractivity contribution in [1.82, 2.24) is 15.5 Å². The van der Waals surface area contributed by atoms with Crippen molar-refractivity contribution >= 4 is 11.9 Å². The molecule has 0 fully saturated rings. The molecule has 1 unspecified atom stereocenters. The van der Waals surface area contributed by atoms with E-state index in [0.29, 0.717) is 32.1 Å². The predicted molar refractivity (Wildman–Crippen MR) is 100.0 cm³/mol. The molecule has 1 rings (SSSR count). The smallest absolute Gasteiger partial charge is 0.317 e. The zero-order valence-electron chi connectivity index (χ0n) is 16.0. The molecule has 0 spiro atoms. The molecule has 6 nitrogen and oxygen atoms in total. The molecular weight excluding hydrogens is 318 g/mol. The van der Waals surface area contributed by atoms with Gasteiger partial charge in [0.05, 0.1) is 0 Å². The summed E-state index contributed by atoms with van der Waals surface area (Å²) < 4.78 is 5.81. The van der Waals surface area contributed by atoms with Crippen molar-refractivity contribution in [2.24, 2.45) is 0 Å². The van der Waals surface area contributed by atoms with Crippen LogP contribution in [0.1, 0.15) is 46.1 Å². The molecule has 0 bridgehead atoms. The summed E-state index contributed by atoms with van der Waals surface area (Å²) in [4.78, 5) is 25.7. The Morgan fingerprint density at radius 1 is 1.04 bits per heavy atom. The number of carbonyl (C=O) groups excluding carboxylic acids is 2. The highest BCUT2D eigenvalue weighted by atomic mass is 16.5. The summed E-state index contributed by atoms with van der Waals surface area (Å²) in [5.41, 5.74) is 1.08. The first-order valence-electron chi connectivity index (χ1n) is 8.96. The van der Waals surface area contributed by atoms with Crippen LogP contribution in [0.5, 0.6) is 5.75 Å². The topological polar surface area (TPSA) is 70.7 Å². The minimum absolute atomic E-state index is 0.116. The average molecular weight is 349 g/mol. The Morgan fingerprint density at radius 2 is 1.64 bits per heavy atom. The van der Waals surface area contributed by atoms with Gasteiger partial charge in [-0.3, -0.25) is 4.79 Å². The fraction of sp³-hybridized carbons (Fsp3) is 0.579. The average Bonchev–Trinajstić information content (AvgIpc) is 2.59. The fourth-order valence-corrected chi connectivity index (χ4v) is 2.43. The van der Waals surface area contributed by atoms with Gasteiger partial charge in [-0.1, -0.05) is 32.0 Å². The maximum atomic E-state index is 12.2. The maximum absolute atomic E-state index is 12.2. The van der Waals surface area contributed by atoms with Crippen molar-refractivity contribution < 1.29 is 14.3 Å². The summed E-state index contributed by atoms with van der Waals surface area (Å²) in [5, 5.41) is 5.57. The van der Waals surface area contributed by atoms with Gasteiger partial charge in [0.2, 0.25) is 0 Å². The minimum atomic E-state index is -0.599. The Morgan fingerprint density at radius 3 is 2.24 bits per heavy atom. The van der Waals surface area contributed by atoms with E-state index in [-0.39, 0.29) is 11.9 Å². The number of ether oxygens (including phenoxy) is 1. The van der Waals surface area contributed by atoms with E-state index in [0.717, 1.165) is 11.3 Å². The van der Waals surface area contributed by atoms with E-state index < -0.39 is 6.10 Å². The highest BCUT2D eigenvalue weighted by molar-refractivity contribution is 5.80. The van der Waals surface area contributed by atoms with Gasteiger partial charge in [-0.05, 0) is 38.3 Å². The van der Waals surface area contributed by atoms with E-state index in [1.807, 2.05) is 38.1 Å². The van der Waals surface area contributed by atoms with Crippen molar-refractivity contribution in [2.45, 2.75) is 46.6 Å². The van der Waals surface area contributed by atoms with Crippen molar-refractivity contribution in [3.05, 3.63) is 29.8 Å². The molecule has 0 radical (unpaired) electrons. The van der Waals surface area contributed by atoms with Crippen LogP contribution < -0.4 is 15.4 Å². The van der Waals surface area contributed by atoms with E-state index in [2.05, 4.69) is 24.5 Å². The SMILES string of the molecule is CCN(CC)C(=O)NCCNC(=O)C(C)Oc1ccccc1C(C)C. The Bertz CT molecular complexity index is 557. The predicted octanol–water partition coefficient (Wildman–Crippen LogP) is 2.74. The van der Waals surface area contributed by atoms with Crippen LogP contribution in [-0.4, -0.2) is 49.1 Å². The van der Waals surface area contributed by atoms with Crippen molar-refractivity contribution in [2.75, 3.05) is 26.2 Å². The first-order valence-corrected chi connectivity index (χ1v) is 8.96. The van der Waals surface area contributed by atoms with Gasteiger partial charge < -0.3 is 20.3 Å². The molecule has 140 valence electrons. The molecular formula is C19H31N3O3. The summed E-state index contributed by atoms with van der Waals surface area (Å²) in [7, 11) is 0. The van der Waals surface area contributed by atoms with Crippen LogP contribution in [0.25, 0.3) is 0 Å². The van der Waals surface area contributed by atoms with E-state index in [1.54, 1.807) is 11.8 Å². The lowest BCUT2D eigenvalue weighted by atomic mass is 10.0. The molecule has 1 aromatic carbocycles. The van der Waals surface area contributed by atoms with Crippen LogP contribution >= 0.6 is 0 Å². The van der Waals surface area contributed by atoms with Gasteiger partial charge in [-0.2, -0.15) is 0 Å². The molecule has 0 aliphatic rings. The minimum Gasteiger partial charge on any atom is -0.481 e. The molecule has 2 N–H and O–H groups in total. The third-order valence-electron chi connectivity index (χ3n) is 3.97. The number of rotatable bonds is 9. The Hall–Kier alpha value is -2.24. The largest absolute Gasteiger partial charge is 0.481 e. The number of carbonyl (C=O) groups is 2. The third-order valence-corrected chi connectivity index (χ3v) is 3.97. The molecule has 6 heteroatoms. The lowest BCUT2D eigenvalue weighted by molar-refractivity contribution is -0.127. The number of hydrogen-bond acceptors (Lipinski definition) is 3. The zero-order chi connectivity index (χ0) is 18.8.